The van der Waals surface area contributed by atoms with Crippen molar-refractivity contribution in [3.63, 3.8) is 0 Å². The van der Waals surface area contributed by atoms with Gasteiger partial charge in [-0.2, -0.15) is 0 Å². The zero-order chi connectivity index (χ0) is 12.9. The summed E-state index contributed by atoms with van der Waals surface area (Å²) in [4.78, 5) is 11.9. The summed E-state index contributed by atoms with van der Waals surface area (Å²) in [7, 11) is 0. The molecule has 0 bridgehead atoms. The van der Waals surface area contributed by atoms with Crippen LogP contribution in [0.2, 0.25) is 0 Å². The SMILES string of the molecule is C=CCCOC(C)C(=O)NC(C)(CN)C1CC1.Cl. The van der Waals surface area contributed by atoms with Crippen molar-refractivity contribution in [1.29, 1.82) is 0 Å². The zero-order valence-corrected chi connectivity index (χ0v) is 12.1. The van der Waals surface area contributed by atoms with E-state index in [1.54, 1.807) is 13.0 Å². The lowest BCUT2D eigenvalue weighted by atomic mass is 9.95. The average molecular weight is 277 g/mol. The molecule has 0 saturated heterocycles. The van der Waals surface area contributed by atoms with Crippen LogP contribution in [0, 0.1) is 5.92 Å². The largest absolute Gasteiger partial charge is 0.368 e. The van der Waals surface area contributed by atoms with Crippen molar-refractivity contribution in [1.82, 2.24) is 5.32 Å². The Morgan fingerprint density at radius 1 is 1.67 bits per heavy atom. The number of rotatable bonds is 8. The van der Waals surface area contributed by atoms with E-state index < -0.39 is 6.10 Å². The summed E-state index contributed by atoms with van der Waals surface area (Å²) in [5.41, 5.74) is 5.48. The predicted molar refractivity (Wildman–Crippen MR) is 75.8 cm³/mol. The molecule has 0 aliphatic heterocycles. The Labute approximate surface area is 116 Å². The topological polar surface area (TPSA) is 64.3 Å². The van der Waals surface area contributed by atoms with Gasteiger partial charge in [-0.1, -0.05) is 6.08 Å². The van der Waals surface area contributed by atoms with E-state index in [-0.39, 0.29) is 23.9 Å². The highest BCUT2D eigenvalue weighted by Crippen LogP contribution is 2.38. The molecule has 1 saturated carbocycles. The highest BCUT2D eigenvalue weighted by molar-refractivity contribution is 5.85. The molecular weight excluding hydrogens is 252 g/mol. The average Bonchev–Trinajstić information content (AvgIpc) is 3.13. The van der Waals surface area contributed by atoms with Gasteiger partial charge >= 0.3 is 0 Å². The number of amides is 1. The molecule has 3 N–H and O–H groups in total. The zero-order valence-electron chi connectivity index (χ0n) is 11.3. The monoisotopic (exact) mass is 276 g/mol. The Morgan fingerprint density at radius 2 is 2.28 bits per heavy atom. The standard InChI is InChI=1S/C13H24N2O2.ClH/c1-4-5-8-17-10(2)12(16)15-13(3,9-14)11-6-7-11;/h4,10-11H,1,5-9,14H2,2-3H3,(H,15,16);1H. The highest BCUT2D eigenvalue weighted by atomic mass is 35.5. The number of hydrogen-bond acceptors (Lipinski definition) is 3. The van der Waals surface area contributed by atoms with Crippen molar-refractivity contribution >= 4 is 18.3 Å². The van der Waals surface area contributed by atoms with Crippen LogP contribution in [0.25, 0.3) is 0 Å². The van der Waals surface area contributed by atoms with Crippen molar-refractivity contribution in [2.24, 2.45) is 11.7 Å². The van der Waals surface area contributed by atoms with Crippen molar-refractivity contribution in [3.8, 4) is 0 Å². The van der Waals surface area contributed by atoms with Gasteiger partial charge in [0.25, 0.3) is 0 Å². The molecule has 0 radical (unpaired) electrons. The molecule has 0 aromatic heterocycles. The Bertz CT molecular complexity index is 282. The Hall–Kier alpha value is -0.580. The molecule has 18 heavy (non-hydrogen) atoms. The fourth-order valence-electron chi connectivity index (χ4n) is 1.83. The lowest BCUT2D eigenvalue weighted by Gasteiger charge is -2.30. The van der Waals surface area contributed by atoms with Crippen LogP contribution in [0.15, 0.2) is 12.7 Å². The van der Waals surface area contributed by atoms with Crippen molar-refractivity contribution < 1.29 is 9.53 Å². The lowest BCUT2D eigenvalue weighted by molar-refractivity contribution is -0.133. The van der Waals surface area contributed by atoms with Gasteiger partial charge in [0.05, 0.1) is 12.1 Å². The molecule has 2 unspecified atom stereocenters. The second kappa shape index (κ2) is 7.77. The van der Waals surface area contributed by atoms with Crippen LogP contribution in [-0.2, 0) is 9.53 Å². The molecule has 1 aliphatic rings. The van der Waals surface area contributed by atoms with Crippen LogP contribution in [0.1, 0.15) is 33.1 Å². The van der Waals surface area contributed by atoms with E-state index in [2.05, 4.69) is 11.9 Å². The van der Waals surface area contributed by atoms with Gasteiger partial charge < -0.3 is 15.8 Å². The molecule has 5 heteroatoms. The lowest BCUT2D eigenvalue weighted by Crippen LogP contribution is -2.55. The van der Waals surface area contributed by atoms with Gasteiger partial charge in [-0.3, -0.25) is 4.79 Å². The minimum absolute atomic E-state index is 0. The number of ether oxygens (including phenoxy) is 1. The summed E-state index contributed by atoms with van der Waals surface area (Å²) in [6.07, 6.45) is 4.41. The highest BCUT2D eigenvalue weighted by Gasteiger charge is 2.42. The molecule has 0 aromatic carbocycles. The molecule has 1 aliphatic carbocycles. The maximum Gasteiger partial charge on any atom is 0.249 e. The van der Waals surface area contributed by atoms with E-state index in [0.29, 0.717) is 19.1 Å². The van der Waals surface area contributed by atoms with Gasteiger partial charge in [0.1, 0.15) is 6.10 Å². The second-order valence-corrected chi connectivity index (χ2v) is 4.98. The number of nitrogens with two attached hydrogens (primary N) is 1. The molecule has 1 rings (SSSR count). The fourth-order valence-corrected chi connectivity index (χ4v) is 1.83. The molecule has 106 valence electrons. The van der Waals surface area contributed by atoms with Crippen LogP contribution in [0.4, 0.5) is 0 Å². The summed E-state index contributed by atoms with van der Waals surface area (Å²) in [5.74, 6) is 0.450. The number of nitrogens with one attached hydrogen (secondary N) is 1. The minimum atomic E-state index is -0.431. The number of hydrogen-bond donors (Lipinski definition) is 2. The van der Waals surface area contributed by atoms with Crippen LogP contribution in [0.5, 0.6) is 0 Å². The van der Waals surface area contributed by atoms with E-state index in [1.165, 1.54) is 0 Å². The van der Waals surface area contributed by atoms with Gasteiger partial charge in [0, 0.05) is 6.54 Å². The maximum absolute atomic E-state index is 11.9. The number of carbonyl (C=O) groups excluding carboxylic acids is 1. The van der Waals surface area contributed by atoms with E-state index in [9.17, 15) is 4.79 Å². The molecule has 0 heterocycles. The Morgan fingerprint density at radius 3 is 2.72 bits per heavy atom. The molecule has 1 amide bonds. The van der Waals surface area contributed by atoms with Crippen LogP contribution in [0.3, 0.4) is 0 Å². The van der Waals surface area contributed by atoms with Crippen molar-refractivity contribution in [2.75, 3.05) is 13.2 Å². The third kappa shape index (κ3) is 4.96. The van der Waals surface area contributed by atoms with Crippen LogP contribution >= 0.6 is 12.4 Å². The van der Waals surface area contributed by atoms with Gasteiger partial charge in [-0.05, 0) is 39.0 Å². The molecule has 0 aromatic rings. The van der Waals surface area contributed by atoms with Gasteiger partial charge in [-0.25, -0.2) is 0 Å². The number of halogens is 1. The summed E-state index contributed by atoms with van der Waals surface area (Å²) in [6, 6.07) is 0. The van der Waals surface area contributed by atoms with E-state index in [1.807, 2.05) is 6.92 Å². The first-order valence-electron chi connectivity index (χ1n) is 6.28. The molecule has 0 spiro atoms. The maximum atomic E-state index is 11.9. The van der Waals surface area contributed by atoms with Gasteiger partial charge in [0.15, 0.2) is 0 Å². The first-order valence-corrected chi connectivity index (χ1v) is 6.28. The summed E-state index contributed by atoms with van der Waals surface area (Å²) in [6.45, 7) is 8.39. The van der Waals surface area contributed by atoms with Gasteiger partial charge in [-0.15, -0.1) is 19.0 Å². The molecule has 2 atom stereocenters. The summed E-state index contributed by atoms with van der Waals surface area (Å²) in [5, 5.41) is 3.02. The third-order valence-electron chi connectivity index (χ3n) is 3.37. The second-order valence-electron chi connectivity index (χ2n) is 4.98. The summed E-state index contributed by atoms with van der Waals surface area (Å²) >= 11 is 0. The van der Waals surface area contributed by atoms with E-state index in [4.69, 9.17) is 10.5 Å². The Kier molecular flexibility index (Phi) is 7.52. The smallest absolute Gasteiger partial charge is 0.249 e. The van der Waals surface area contributed by atoms with Crippen LogP contribution in [-0.4, -0.2) is 30.7 Å². The van der Waals surface area contributed by atoms with Crippen molar-refractivity contribution in [3.05, 3.63) is 12.7 Å². The summed E-state index contributed by atoms with van der Waals surface area (Å²) < 4.78 is 5.41. The molecular formula is C13H25ClN2O2. The number of carbonyl (C=O) groups is 1. The fraction of sp³-hybridized carbons (Fsp3) is 0.769. The van der Waals surface area contributed by atoms with E-state index >= 15 is 0 Å². The normalized spacial score (nSPS) is 19.3. The first-order chi connectivity index (χ1) is 8.03. The quantitative estimate of drug-likeness (QED) is 0.523. The predicted octanol–water partition coefficient (Wildman–Crippen LogP) is 1.63. The third-order valence-corrected chi connectivity index (χ3v) is 3.37. The first kappa shape index (κ1) is 17.4. The molecule has 4 nitrogen and oxygen atoms in total. The van der Waals surface area contributed by atoms with Crippen molar-refractivity contribution in [2.45, 2.75) is 44.8 Å². The van der Waals surface area contributed by atoms with Crippen LogP contribution < -0.4 is 11.1 Å². The molecule has 1 fully saturated rings. The van der Waals surface area contributed by atoms with Gasteiger partial charge in [0.2, 0.25) is 5.91 Å². The minimum Gasteiger partial charge on any atom is -0.368 e. The Balaban J connectivity index is 0.00000289. The van der Waals surface area contributed by atoms with E-state index in [0.717, 1.165) is 19.3 Å².